The van der Waals surface area contributed by atoms with Crippen molar-refractivity contribution in [1.29, 1.82) is 0 Å². The summed E-state index contributed by atoms with van der Waals surface area (Å²) in [6.45, 7) is 2.17. The Morgan fingerprint density at radius 2 is 2.00 bits per heavy atom. The van der Waals surface area contributed by atoms with Crippen molar-refractivity contribution in [3.8, 4) is 0 Å². The predicted molar refractivity (Wildman–Crippen MR) is 84.5 cm³/mol. The average Bonchev–Trinajstić information content (AvgIpc) is 2.45. The van der Waals surface area contributed by atoms with Crippen molar-refractivity contribution >= 4 is 17.5 Å². The molecule has 3 heteroatoms. The van der Waals surface area contributed by atoms with Crippen LogP contribution >= 0.6 is 11.8 Å². The molecule has 3 rings (SSSR count). The van der Waals surface area contributed by atoms with Crippen LogP contribution in [0.15, 0.2) is 29.2 Å². The van der Waals surface area contributed by atoms with Gasteiger partial charge in [-0.2, -0.15) is 0 Å². The minimum atomic E-state index is 0.206. The van der Waals surface area contributed by atoms with E-state index in [1.807, 2.05) is 24.5 Å². The Kier molecular flexibility index (Phi) is 4.47. The van der Waals surface area contributed by atoms with Crippen LogP contribution in [0.3, 0.4) is 0 Å². The van der Waals surface area contributed by atoms with E-state index in [0.717, 1.165) is 29.5 Å². The number of benzene rings is 1. The minimum absolute atomic E-state index is 0.206. The molecule has 1 saturated carbocycles. The molecular formula is C17H23NOS. The number of ketones is 1. The first-order valence-electron chi connectivity index (χ1n) is 7.71. The van der Waals surface area contributed by atoms with Crippen LogP contribution in [0.4, 0.5) is 0 Å². The van der Waals surface area contributed by atoms with E-state index < -0.39 is 0 Å². The zero-order valence-corrected chi connectivity index (χ0v) is 13.0. The normalized spacial score (nSPS) is 24.4. The molecule has 0 spiro atoms. The number of carbonyl (C=O) groups excluding carboxylic acids is 1. The summed E-state index contributed by atoms with van der Waals surface area (Å²) in [4.78, 5) is 16.5. The molecule has 1 heterocycles. The van der Waals surface area contributed by atoms with Gasteiger partial charge >= 0.3 is 0 Å². The molecule has 108 valence electrons. The average molecular weight is 289 g/mol. The van der Waals surface area contributed by atoms with Crippen LogP contribution in [0.2, 0.25) is 0 Å². The lowest BCUT2D eigenvalue weighted by Crippen LogP contribution is -2.47. The van der Waals surface area contributed by atoms with E-state index in [0.29, 0.717) is 5.78 Å². The van der Waals surface area contributed by atoms with Gasteiger partial charge in [-0.25, -0.2) is 0 Å². The molecule has 1 aromatic carbocycles. The van der Waals surface area contributed by atoms with Gasteiger partial charge in [-0.05, 0) is 44.6 Å². The number of thioether (sulfide) groups is 1. The summed E-state index contributed by atoms with van der Waals surface area (Å²) >= 11 is 1.68. The highest BCUT2D eigenvalue weighted by atomic mass is 32.2. The van der Waals surface area contributed by atoms with E-state index in [9.17, 15) is 4.79 Å². The van der Waals surface area contributed by atoms with E-state index in [1.165, 1.54) is 32.2 Å². The van der Waals surface area contributed by atoms with E-state index in [1.54, 1.807) is 11.8 Å². The Balaban J connectivity index is 1.72. The fraction of sp³-hybridized carbons (Fsp3) is 0.588. The molecule has 2 aliphatic rings. The molecule has 2 fully saturated rings. The van der Waals surface area contributed by atoms with Crippen LogP contribution in [0.25, 0.3) is 0 Å². The standard InChI is InChI=1S/C17H23NOS/c1-20-16-10-3-2-9-15(16)17(19)13-6-5-11-18(12-13)14-7-4-8-14/h2-3,9-10,13-14H,4-8,11-12H2,1H3/t13-/m1/s1. The fourth-order valence-corrected chi connectivity index (χ4v) is 3.98. The number of Topliss-reactive ketones (excluding diaryl/α,β-unsaturated/α-hetero) is 1. The third-order valence-electron chi connectivity index (χ3n) is 4.79. The van der Waals surface area contributed by atoms with Gasteiger partial charge in [0.2, 0.25) is 0 Å². The van der Waals surface area contributed by atoms with Gasteiger partial charge in [-0.1, -0.05) is 24.6 Å². The number of carbonyl (C=O) groups is 1. The van der Waals surface area contributed by atoms with Gasteiger partial charge in [0.25, 0.3) is 0 Å². The van der Waals surface area contributed by atoms with Crippen LogP contribution in [0, 0.1) is 5.92 Å². The lowest BCUT2D eigenvalue weighted by atomic mass is 9.85. The molecule has 0 unspecified atom stereocenters. The van der Waals surface area contributed by atoms with Crippen molar-refractivity contribution in [2.24, 2.45) is 5.92 Å². The maximum absolute atomic E-state index is 12.8. The second kappa shape index (κ2) is 6.31. The Bertz CT molecular complexity index is 484. The zero-order chi connectivity index (χ0) is 13.9. The van der Waals surface area contributed by atoms with Crippen LogP contribution in [0.1, 0.15) is 42.5 Å². The maximum atomic E-state index is 12.8. The molecule has 1 atom stereocenters. The van der Waals surface area contributed by atoms with E-state index in [-0.39, 0.29) is 5.92 Å². The van der Waals surface area contributed by atoms with Crippen molar-refractivity contribution < 1.29 is 4.79 Å². The number of nitrogens with zero attached hydrogens (tertiary/aromatic N) is 1. The molecule has 0 bridgehead atoms. The van der Waals surface area contributed by atoms with Crippen molar-refractivity contribution in [2.75, 3.05) is 19.3 Å². The maximum Gasteiger partial charge on any atom is 0.168 e. The molecule has 2 nitrogen and oxygen atoms in total. The summed E-state index contributed by atoms with van der Waals surface area (Å²) in [6.07, 6.45) is 8.33. The molecule has 0 radical (unpaired) electrons. The Hall–Kier alpha value is -0.800. The van der Waals surface area contributed by atoms with E-state index >= 15 is 0 Å². The summed E-state index contributed by atoms with van der Waals surface area (Å²) in [7, 11) is 0. The molecule has 1 aromatic rings. The smallest absolute Gasteiger partial charge is 0.168 e. The molecular weight excluding hydrogens is 266 g/mol. The predicted octanol–water partition coefficient (Wildman–Crippen LogP) is 3.86. The first-order valence-corrected chi connectivity index (χ1v) is 8.93. The van der Waals surface area contributed by atoms with Crippen LogP contribution < -0.4 is 0 Å². The second-order valence-corrected chi connectivity index (χ2v) is 6.83. The SMILES string of the molecule is CSc1ccccc1C(=O)[C@@H]1CCCN(C2CCC2)C1. The van der Waals surface area contributed by atoms with Crippen LogP contribution in [-0.4, -0.2) is 36.1 Å². The van der Waals surface area contributed by atoms with Gasteiger partial charge in [0, 0.05) is 29.0 Å². The summed E-state index contributed by atoms with van der Waals surface area (Å²) in [6, 6.07) is 8.83. The van der Waals surface area contributed by atoms with Gasteiger partial charge < -0.3 is 0 Å². The zero-order valence-electron chi connectivity index (χ0n) is 12.2. The molecule has 0 amide bonds. The molecule has 20 heavy (non-hydrogen) atoms. The van der Waals surface area contributed by atoms with Crippen molar-refractivity contribution in [1.82, 2.24) is 4.90 Å². The van der Waals surface area contributed by atoms with Gasteiger partial charge in [-0.3, -0.25) is 9.69 Å². The Morgan fingerprint density at radius 3 is 2.70 bits per heavy atom. The first-order chi connectivity index (χ1) is 9.79. The third kappa shape index (κ3) is 2.79. The summed E-state index contributed by atoms with van der Waals surface area (Å²) in [5.41, 5.74) is 0.931. The van der Waals surface area contributed by atoms with E-state index in [4.69, 9.17) is 0 Å². The van der Waals surface area contributed by atoms with Crippen molar-refractivity contribution in [2.45, 2.75) is 43.0 Å². The van der Waals surface area contributed by atoms with Crippen molar-refractivity contribution in [3.05, 3.63) is 29.8 Å². The number of piperidine rings is 1. The highest BCUT2D eigenvalue weighted by molar-refractivity contribution is 7.98. The lowest BCUT2D eigenvalue weighted by molar-refractivity contribution is 0.0610. The quantitative estimate of drug-likeness (QED) is 0.620. The van der Waals surface area contributed by atoms with Gasteiger partial charge in [0.1, 0.15) is 0 Å². The van der Waals surface area contributed by atoms with Crippen LogP contribution in [-0.2, 0) is 0 Å². The lowest BCUT2D eigenvalue weighted by Gasteiger charge is -2.42. The Labute approximate surface area is 125 Å². The van der Waals surface area contributed by atoms with Gasteiger partial charge in [-0.15, -0.1) is 11.8 Å². The minimum Gasteiger partial charge on any atom is -0.300 e. The number of rotatable bonds is 4. The second-order valence-electron chi connectivity index (χ2n) is 5.98. The highest BCUT2D eigenvalue weighted by Gasteiger charge is 2.32. The summed E-state index contributed by atoms with van der Waals surface area (Å²) in [5, 5.41) is 0. The first kappa shape index (κ1) is 14.2. The molecule has 0 aromatic heterocycles. The van der Waals surface area contributed by atoms with E-state index in [2.05, 4.69) is 11.0 Å². The number of hydrogen-bond donors (Lipinski definition) is 0. The van der Waals surface area contributed by atoms with Gasteiger partial charge in [0.15, 0.2) is 5.78 Å². The number of hydrogen-bond acceptors (Lipinski definition) is 3. The fourth-order valence-electron chi connectivity index (χ4n) is 3.37. The third-order valence-corrected chi connectivity index (χ3v) is 5.58. The molecule has 1 aliphatic heterocycles. The largest absolute Gasteiger partial charge is 0.300 e. The summed E-state index contributed by atoms with van der Waals surface area (Å²) in [5.74, 6) is 0.566. The van der Waals surface area contributed by atoms with Gasteiger partial charge in [0.05, 0.1) is 0 Å². The molecule has 1 aliphatic carbocycles. The highest BCUT2D eigenvalue weighted by Crippen LogP contribution is 2.31. The summed E-state index contributed by atoms with van der Waals surface area (Å²) < 4.78 is 0. The topological polar surface area (TPSA) is 20.3 Å². The van der Waals surface area contributed by atoms with Crippen molar-refractivity contribution in [3.63, 3.8) is 0 Å². The molecule has 1 saturated heterocycles. The number of likely N-dealkylation sites (tertiary alicyclic amines) is 1. The monoisotopic (exact) mass is 289 g/mol. The molecule has 0 N–H and O–H groups in total. The van der Waals surface area contributed by atoms with Crippen LogP contribution in [0.5, 0.6) is 0 Å². The Morgan fingerprint density at radius 1 is 1.20 bits per heavy atom.